The molecule has 1 aliphatic heterocycles. The van der Waals surface area contributed by atoms with Crippen LogP contribution in [0.2, 0.25) is 0 Å². The maximum absolute atomic E-state index is 12.6. The van der Waals surface area contributed by atoms with E-state index in [1.807, 2.05) is 0 Å². The highest BCUT2D eigenvalue weighted by Gasteiger charge is 2.17. The molecule has 0 saturated carbocycles. The second-order valence-electron chi connectivity index (χ2n) is 7.22. The van der Waals surface area contributed by atoms with Crippen molar-refractivity contribution in [3.63, 3.8) is 0 Å². The molecule has 3 aromatic carbocycles. The van der Waals surface area contributed by atoms with Crippen LogP contribution in [0.4, 0.5) is 11.4 Å². The van der Waals surface area contributed by atoms with Gasteiger partial charge in [0.2, 0.25) is 16.8 Å². The Bertz CT molecular complexity index is 1350. The van der Waals surface area contributed by atoms with Crippen LogP contribution in [0.15, 0.2) is 84.3 Å². The Morgan fingerprint density at radius 3 is 2.15 bits per heavy atom. The quantitative estimate of drug-likeness (QED) is 0.426. The van der Waals surface area contributed by atoms with Crippen LogP contribution in [-0.2, 0) is 10.0 Å². The minimum atomic E-state index is -3.68. The summed E-state index contributed by atoms with van der Waals surface area (Å²) in [4.78, 5) is 25.2. The number of anilines is 2. The van der Waals surface area contributed by atoms with E-state index in [4.69, 9.17) is 9.47 Å². The van der Waals surface area contributed by atoms with E-state index in [1.165, 1.54) is 30.3 Å². The Hall–Kier alpha value is -4.15. The van der Waals surface area contributed by atoms with E-state index >= 15 is 0 Å². The van der Waals surface area contributed by atoms with E-state index in [1.54, 1.807) is 42.5 Å². The average Bonchev–Trinajstić information content (AvgIpc) is 3.31. The fourth-order valence-corrected chi connectivity index (χ4v) is 4.15. The Morgan fingerprint density at radius 1 is 0.853 bits per heavy atom. The third kappa shape index (κ3) is 5.25. The van der Waals surface area contributed by atoms with Gasteiger partial charge in [0, 0.05) is 29.0 Å². The largest absolute Gasteiger partial charge is 0.454 e. The number of benzene rings is 3. The molecule has 3 N–H and O–H groups in total. The zero-order valence-electron chi connectivity index (χ0n) is 17.9. The molecule has 1 aliphatic rings. The number of sulfonamides is 1. The number of hydrogen-bond donors (Lipinski definition) is 3. The zero-order chi connectivity index (χ0) is 24.1. The molecule has 0 unspecified atom stereocenters. The van der Waals surface area contributed by atoms with Crippen LogP contribution in [0.25, 0.3) is 0 Å². The molecule has 4 rings (SSSR count). The molecule has 3 aromatic rings. The summed E-state index contributed by atoms with van der Waals surface area (Å²) in [6, 6.07) is 17.1. The van der Waals surface area contributed by atoms with Gasteiger partial charge in [0.15, 0.2) is 11.5 Å². The molecule has 0 fully saturated rings. The topological polar surface area (TPSA) is 123 Å². The first-order chi connectivity index (χ1) is 16.4. The number of hydrogen-bond acceptors (Lipinski definition) is 6. The van der Waals surface area contributed by atoms with Gasteiger partial charge in [0.1, 0.15) is 0 Å². The third-order valence-electron chi connectivity index (χ3n) is 4.86. The van der Waals surface area contributed by atoms with Gasteiger partial charge in [-0.15, -0.1) is 6.58 Å². The van der Waals surface area contributed by atoms with Crippen molar-refractivity contribution in [2.24, 2.45) is 0 Å². The van der Waals surface area contributed by atoms with E-state index in [9.17, 15) is 18.0 Å². The van der Waals surface area contributed by atoms with Crippen LogP contribution < -0.4 is 24.8 Å². The van der Waals surface area contributed by atoms with Crippen LogP contribution in [0.1, 0.15) is 20.7 Å². The molecular weight excluding hydrogens is 458 g/mol. The molecular formula is C24H21N3O6S. The number of carbonyl (C=O) groups is 2. The average molecular weight is 480 g/mol. The normalized spacial score (nSPS) is 12.1. The number of ether oxygens (including phenoxy) is 2. The summed E-state index contributed by atoms with van der Waals surface area (Å²) in [6.07, 6.45) is 1.44. The van der Waals surface area contributed by atoms with Gasteiger partial charge in [-0.05, 0) is 60.7 Å². The van der Waals surface area contributed by atoms with Crippen molar-refractivity contribution in [1.82, 2.24) is 4.72 Å². The standard InChI is InChI=1S/C24H21N3O6S/c1-2-12-25-34(30,31)20-9-6-16(7-10-20)23(28)26-18-4-3-5-19(14-18)27-24(29)17-8-11-21-22(13-17)33-15-32-21/h2-11,13-14,25H,1,12,15H2,(H,26,28)(H,27,29). The molecule has 34 heavy (non-hydrogen) atoms. The van der Waals surface area contributed by atoms with Gasteiger partial charge in [0.05, 0.1) is 4.90 Å². The van der Waals surface area contributed by atoms with Crippen molar-refractivity contribution in [2.45, 2.75) is 4.90 Å². The van der Waals surface area contributed by atoms with Crippen molar-refractivity contribution >= 4 is 33.2 Å². The molecule has 0 saturated heterocycles. The second-order valence-corrected chi connectivity index (χ2v) is 8.99. The molecule has 0 aliphatic carbocycles. The van der Waals surface area contributed by atoms with E-state index in [2.05, 4.69) is 21.9 Å². The molecule has 1 heterocycles. The molecule has 10 heteroatoms. The summed E-state index contributed by atoms with van der Waals surface area (Å²) >= 11 is 0. The Labute approximate surface area is 196 Å². The zero-order valence-corrected chi connectivity index (χ0v) is 18.7. The molecule has 0 radical (unpaired) electrons. The summed E-state index contributed by atoms with van der Waals surface area (Å²) in [5, 5.41) is 5.51. The molecule has 0 spiro atoms. The van der Waals surface area contributed by atoms with Gasteiger partial charge in [0.25, 0.3) is 11.8 Å². The summed E-state index contributed by atoms with van der Waals surface area (Å²) in [6.45, 7) is 3.69. The van der Waals surface area contributed by atoms with Gasteiger partial charge in [-0.1, -0.05) is 12.1 Å². The van der Waals surface area contributed by atoms with E-state index in [0.717, 1.165) is 0 Å². The summed E-state index contributed by atoms with van der Waals surface area (Å²) < 4.78 is 37.2. The Kier molecular flexibility index (Phi) is 6.62. The third-order valence-corrected chi connectivity index (χ3v) is 6.30. The minimum absolute atomic E-state index is 0.0409. The van der Waals surface area contributed by atoms with Crippen LogP contribution in [0.3, 0.4) is 0 Å². The van der Waals surface area contributed by atoms with Gasteiger partial charge < -0.3 is 20.1 Å². The highest BCUT2D eigenvalue weighted by atomic mass is 32.2. The lowest BCUT2D eigenvalue weighted by atomic mass is 10.1. The smallest absolute Gasteiger partial charge is 0.255 e. The number of nitrogens with one attached hydrogen (secondary N) is 3. The van der Waals surface area contributed by atoms with Gasteiger partial charge in [-0.25, -0.2) is 13.1 Å². The fraction of sp³-hybridized carbons (Fsp3) is 0.0833. The molecule has 9 nitrogen and oxygen atoms in total. The van der Waals surface area contributed by atoms with Crippen molar-refractivity contribution in [3.05, 3.63) is 90.5 Å². The SMILES string of the molecule is C=CCNS(=O)(=O)c1ccc(C(=O)Nc2cccc(NC(=O)c3ccc4c(c3)OCO4)c2)cc1. The molecule has 174 valence electrons. The van der Waals surface area contributed by atoms with Gasteiger partial charge in [-0.2, -0.15) is 0 Å². The lowest BCUT2D eigenvalue weighted by Crippen LogP contribution is -2.23. The van der Waals surface area contributed by atoms with Crippen LogP contribution in [0, 0.1) is 0 Å². The van der Waals surface area contributed by atoms with Crippen LogP contribution in [0.5, 0.6) is 11.5 Å². The molecule has 0 atom stereocenters. The molecule has 2 amide bonds. The van der Waals surface area contributed by atoms with Crippen molar-refractivity contribution in [3.8, 4) is 11.5 Å². The maximum atomic E-state index is 12.6. The number of fused-ring (bicyclic) bond motifs is 1. The molecule has 0 aromatic heterocycles. The monoisotopic (exact) mass is 479 g/mol. The molecule has 0 bridgehead atoms. The number of carbonyl (C=O) groups excluding carboxylic acids is 2. The van der Waals surface area contributed by atoms with E-state index in [-0.39, 0.29) is 29.7 Å². The summed E-state index contributed by atoms with van der Waals surface area (Å²) in [5.74, 6) is 0.315. The van der Waals surface area contributed by atoms with Crippen LogP contribution >= 0.6 is 0 Å². The predicted molar refractivity (Wildman–Crippen MR) is 127 cm³/mol. The minimum Gasteiger partial charge on any atom is -0.454 e. The lowest BCUT2D eigenvalue weighted by Gasteiger charge is -2.10. The summed E-state index contributed by atoms with van der Waals surface area (Å²) in [5.41, 5.74) is 1.61. The number of amides is 2. The number of rotatable bonds is 8. The van der Waals surface area contributed by atoms with E-state index < -0.39 is 15.9 Å². The van der Waals surface area contributed by atoms with Crippen LogP contribution in [-0.4, -0.2) is 33.6 Å². The Morgan fingerprint density at radius 2 is 1.47 bits per heavy atom. The van der Waals surface area contributed by atoms with Crippen molar-refractivity contribution in [1.29, 1.82) is 0 Å². The van der Waals surface area contributed by atoms with Gasteiger partial charge >= 0.3 is 0 Å². The second kappa shape index (κ2) is 9.77. The van der Waals surface area contributed by atoms with Crippen molar-refractivity contribution in [2.75, 3.05) is 24.0 Å². The first kappa shape index (κ1) is 23.0. The summed E-state index contributed by atoms with van der Waals surface area (Å²) in [7, 11) is -3.68. The lowest BCUT2D eigenvalue weighted by molar-refractivity contribution is 0.101. The first-order valence-electron chi connectivity index (χ1n) is 10.2. The van der Waals surface area contributed by atoms with E-state index in [0.29, 0.717) is 28.4 Å². The maximum Gasteiger partial charge on any atom is 0.255 e. The first-order valence-corrected chi connectivity index (χ1v) is 11.7. The predicted octanol–water partition coefficient (Wildman–Crippen LogP) is 3.38. The fourth-order valence-electron chi connectivity index (χ4n) is 3.16. The highest BCUT2D eigenvalue weighted by Crippen LogP contribution is 2.32. The van der Waals surface area contributed by atoms with Crippen molar-refractivity contribution < 1.29 is 27.5 Å². The van der Waals surface area contributed by atoms with Gasteiger partial charge in [-0.3, -0.25) is 9.59 Å². The highest BCUT2D eigenvalue weighted by molar-refractivity contribution is 7.89. The Balaban J connectivity index is 1.41.